The van der Waals surface area contributed by atoms with E-state index in [4.69, 9.17) is 0 Å². The van der Waals surface area contributed by atoms with Crippen molar-refractivity contribution in [2.45, 2.75) is 18.6 Å². The minimum atomic E-state index is -0.243. The predicted octanol–water partition coefficient (Wildman–Crippen LogP) is 4.04. The molecule has 0 aliphatic carbocycles. The molecule has 2 N–H and O–H groups in total. The molecule has 2 aromatic rings. The van der Waals surface area contributed by atoms with Crippen LogP contribution in [0.4, 0.5) is 10.5 Å². The average Bonchev–Trinajstić information content (AvgIpc) is 3.35. The molecule has 1 fully saturated rings. The average molecular weight is 390 g/mol. The number of rotatable bonds is 7. The smallest absolute Gasteiger partial charge is 0.319 e. The van der Waals surface area contributed by atoms with Gasteiger partial charge >= 0.3 is 6.03 Å². The molecule has 0 radical (unpaired) electrons. The summed E-state index contributed by atoms with van der Waals surface area (Å²) in [4.78, 5) is 27.7. The lowest BCUT2D eigenvalue weighted by atomic mass is 10.2. The van der Waals surface area contributed by atoms with Crippen LogP contribution in [0.25, 0.3) is 0 Å². The lowest BCUT2D eigenvalue weighted by Gasteiger charge is -2.16. The van der Waals surface area contributed by atoms with Crippen LogP contribution in [-0.2, 0) is 5.75 Å². The zero-order valence-corrected chi connectivity index (χ0v) is 16.2. The van der Waals surface area contributed by atoms with Crippen LogP contribution in [0.1, 0.15) is 28.1 Å². The molecule has 0 unspecified atom stereocenters. The quantitative estimate of drug-likeness (QED) is 0.703. The van der Waals surface area contributed by atoms with Gasteiger partial charge in [-0.05, 0) is 42.5 Å². The van der Waals surface area contributed by atoms with Crippen molar-refractivity contribution in [2.24, 2.45) is 0 Å². The molecule has 1 aromatic carbocycles. The Hall–Kier alpha value is -1.99. The summed E-state index contributed by atoms with van der Waals surface area (Å²) in [6.07, 6.45) is 2.13. The first-order chi connectivity index (χ1) is 12.7. The van der Waals surface area contributed by atoms with E-state index in [1.165, 1.54) is 4.88 Å². The van der Waals surface area contributed by atoms with E-state index in [1.54, 1.807) is 47.4 Å². The Morgan fingerprint density at radius 3 is 2.77 bits per heavy atom. The number of likely N-dealkylation sites (tertiary alicyclic amines) is 1. The van der Waals surface area contributed by atoms with Crippen LogP contribution in [0.2, 0.25) is 0 Å². The van der Waals surface area contributed by atoms with E-state index in [0.717, 1.165) is 37.4 Å². The van der Waals surface area contributed by atoms with Crippen molar-refractivity contribution in [3.63, 3.8) is 0 Å². The van der Waals surface area contributed by atoms with Crippen LogP contribution in [0.15, 0.2) is 41.8 Å². The van der Waals surface area contributed by atoms with Gasteiger partial charge in [0.15, 0.2) is 0 Å². The molecule has 1 saturated heterocycles. The molecule has 1 aromatic heterocycles. The lowest BCUT2D eigenvalue weighted by Crippen LogP contribution is -2.31. The summed E-state index contributed by atoms with van der Waals surface area (Å²) in [6.45, 7) is 2.24. The van der Waals surface area contributed by atoms with Crippen LogP contribution >= 0.6 is 23.1 Å². The van der Waals surface area contributed by atoms with E-state index in [9.17, 15) is 9.59 Å². The largest absolute Gasteiger partial charge is 0.339 e. The third kappa shape index (κ3) is 5.51. The summed E-state index contributed by atoms with van der Waals surface area (Å²) in [5.74, 6) is 1.87. The van der Waals surface area contributed by atoms with Gasteiger partial charge in [0.05, 0.1) is 0 Å². The highest BCUT2D eigenvalue weighted by molar-refractivity contribution is 7.98. The van der Waals surface area contributed by atoms with Crippen molar-refractivity contribution in [1.29, 1.82) is 0 Å². The van der Waals surface area contributed by atoms with Crippen molar-refractivity contribution in [3.8, 4) is 0 Å². The molecular formula is C19H23N3O2S2. The van der Waals surface area contributed by atoms with Crippen molar-refractivity contribution in [1.82, 2.24) is 10.2 Å². The third-order valence-corrected chi connectivity index (χ3v) is 6.18. The number of hydrogen-bond acceptors (Lipinski definition) is 4. The fourth-order valence-electron chi connectivity index (χ4n) is 2.81. The zero-order chi connectivity index (χ0) is 18.2. The third-order valence-electron chi connectivity index (χ3n) is 4.12. The SMILES string of the molecule is O=C(NCCSCc1cccs1)Nc1cccc(C(=O)N2CCCC2)c1. The highest BCUT2D eigenvalue weighted by Gasteiger charge is 2.19. The normalized spacial score (nSPS) is 13.6. The number of hydrogen-bond donors (Lipinski definition) is 2. The van der Waals surface area contributed by atoms with E-state index in [-0.39, 0.29) is 11.9 Å². The van der Waals surface area contributed by atoms with E-state index in [0.29, 0.717) is 17.8 Å². The van der Waals surface area contributed by atoms with Crippen LogP contribution < -0.4 is 10.6 Å². The number of nitrogens with one attached hydrogen (secondary N) is 2. The Morgan fingerprint density at radius 1 is 1.15 bits per heavy atom. The molecule has 3 rings (SSSR count). The van der Waals surface area contributed by atoms with Crippen LogP contribution in [-0.4, -0.2) is 42.2 Å². The van der Waals surface area contributed by atoms with Crippen molar-refractivity contribution in [2.75, 3.05) is 30.7 Å². The Morgan fingerprint density at radius 2 is 2.00 bits per heavy atom. The number of thioether (sulfide) groups is 1. The fraction of sp³-hybridized carbons (Fsp3) is 0.368. The monoisotopic (exact) mass is 389 g/mol. The summed E-state index contributed by atoms with van der Waals surface area (Å²) >= 11 is 3.55. The number of anilines is 1. The van der Waals surface area contributed by atoms with Crippen LogP contribution in [0.5, 0.6) is 0 Å². The van der Waals surface area contributed by atoms with Gasteiger partial charge in [-0.2, -0.15) is 11.8 Å². The molecular weight excluding hydrogens is 366 g/mol. The maximum absolute atomic E-state index is 12.4. The molecule has 138 valence electrons. The molecule has 7 heteroatoms. The van der Waals surface area contributed by atoms with E-state index in [1.807, 2.05) is 4.90 Å². The second kappa shape index (κ2) is 9.64. The summed E-state index contributed by atoms with van der Waals surface area (Å²) in [5, 5.41) is 7.73. The van der Waals surface area contributed by atoms with Gasteiger partial charge in [0, 0.05) is 47.3 Å². The molecule has 0 spiro atoms. The number of thiophene rings is 1. The molecule has 3 amide bonds. The second-order valence-corrected chi connectivity index (χ2v) is 8.23. The maximum Gasteiger partial charge on any atom is 0.319 e. The van der Waals surface area contributed by atoms with Gasteiger partial charge in [0.25, 0.3) is 5.91 Å². The molecule has 2 heterocycles. The number of urea groups is 1. The van der Waals surface area contributed by atoms with E-state index in [2.05, 4.69) is 28.1 Å². The molecule has 0 bridgehead atoms. The molecule has 5 nitrogen and oxygen atoms in total. The van der Waals surface area contributed by atoms with Gasteiger partial charge in [-0.15, -0.1) is 11.3 Å². The number of benzene rings is 1. The van der Waals surface area contributed by atoms with E-state index >= 15 is 0 Å². The molecule has 1 aliphatic heterocycles. The molecule has 0 saturated carbocycles. The molecule has 0 atom stereocenters. The minimum absolute atomic E-state index is 0.0385. The Labute approximate surface area is 162 Å². The summed E-state index contributed by atoms with van der Waals surface area (Å²) in [7, 11) is 0. The Balaban J connectivity index is 1.40. The maximum atomic E-state index is 12.4. The summed E-state index contributed by atoms with van der Waals surface area (Å²) in [6, 6.07) is 11.1. The van der Waals surface area contributed by atoms with Gasteiger partial charge in [0.1, 0.15) is 0 Å². The highest BCUT2D eigenvalue weighted by Crippen LogP contribution is 2.17. The zero-order valence-electron chi connectivity index (χ0n) is 14.6. The number of carbonyl (C=O) groups is 2. The minimum Gasteiger partial charge on any atom is -0.339 e. The Bertz CT molecular complexity index is 728. The highest BCUT2D eigenvalue weighted by atomic mass is 32.2. The second-order valence-electron chi connectivity index (χ2n) is 6.09. The standard InChI is InChI=1S/C19H23N3O2S2/c23-18(22-9-1-2-10-22)15-5-3-6-16(13-15)21-19(24)20-8-12-25-14-17-7-4-11-26-17/h3-7,11,13H,1-2,8-10,12,14H2,(H2,20,21,24). The molecule has 1 aliphatic rings. The summed E-state index contributed by atoms with van der Waals surface area (Å²) < 4.78 is 0. The van der Waals surface area contributed by atoms with Gasteiger partial charge in [0.2, 0.25) is 0 Å². The van der Waals surface area contributed by atoms with Crippen LogP contribution in [0.3, 0.4) is 0 Å². The first-order valence-electron chi connectivity index (χ1n) is 8.77. The number of amides is 3. The molecule has 26 heavy (non-hydrogen) atoms. The van der Waals surface area contributed by atoms with E-state index < -0.39 is 0 Å². The first-order valence-corrected chi connectivity index (χ1v) is 10.8. The van der Waals surface area contributed by atoms with Gasteiger partial charge < -0.3 is 15.5 Å². The number of carbonyl (C=O) groups excluding carboxylic acids is 2. The Kier molecular flexibility index (Phi) is 6.96. The fourth-order valence-corrected chi connectivity index (χ4v) is 4.51. The van der Waals surface area contributed by atoms with Gasteiger partial charge in [-0.3, -0.25) is 4.79 Å². The van der Waals surface area contributed by atoms with Gasteiger partial charge in [-0.1, -0.05) is 12.1 Å². The van der Waals surface area contributed by atoms with Gasteiger partial charge in [-0.25, -0.2) is 4.79 Å². The lowest BCUT2D eigenvalue weighted by molar-refractivity contribution is 0.0793. The first kappa shape index (κ1) is 18.8. The van der Waals surface area contributed by atoms with Crippen molar-refractivity contribution >= 4 is 40.7 Å². The summed E-state index contributed by atoms with van der Waals surface area (Å²) in [5.41, 5.74) is 1.26. The predicted molar refractivity (Wildman–Crippen MR) is 109 cm³/mol. The van der Waals surface area contributed by atoms with Crippen molar-refractivity contribution in [3.05, 3.63) is 52.2 Å². The topological polar surface area (TPSA) is 61.4 Å². The van der Waals surface area contributed by atoms with Crippen molar-refractivity contribution < 1.29 is 9.59 Å². The van der Waals surface area contributed by atoms with Crippen LogP contribution in [0, 0.1) is 0 Å². The number of nitrogens with zero attached hydrogens (tertiary/aromatic N) is 1.